The summed E-state index contributed by atoms with van der Waals surface area (Å²) in [4.78, 5) is 11.1. The smallest absolute Gasteiger partial charge is 0.418 e. The van der Waals surface area contributed by atoms with Crippen LogP contribution in [0.5, 0.6) is 0 Å². The third-order valence-electron chi connectivity index (χ3n) is 2.63. The third kappa shape index (κ3) is 2.09. The molecule has 2 unspecified atom stereocenters. The molecule has 1 rings (SSSR count). The van der Waals surface area contributed by atoms with Gasteiger partial charge in [-0.2, -0.15) is 13.2 Å². The average molecular weight is 226 g/mol. The lowest BCUT2D eigenvalue weighted by Gasteiger charge is -2.33. The van der Waals surface area contributed by atoms with Crippen LogP contribution in [-0.4, -0.2) is 29.5 Å². The molecule has 0 radical (unpaired) electrons. The van der Waals surface area contributed by atoms with E-state index in [-0.39, 0.29) is 19.4 Å². The minimum absolute atomic E-state index is 0.0500. The zero-order valence-corrected chi connectivity index (χ0v) is 8.30. The van der Waals surface area contributed by atoms with E-state index in [1.54, 1.807) is 0 Å². The molecule has 1 heterocycles. The maximum absolute atomic E-state index is 12.7. The summed E-state index contributed by atoms with van der Waals surface area (Å²) in [6, 6.07) is 0. The predicted octanol–water partition coefficient (Wildman–Crippen LogP) is 1.64. The highest BCUT2D eigenvalue weighted by Gasteiger charge is 2.61. The van der Waals surface area contributed by atoms with E-state index in [0.717, 1.165) is 0 Å². The normalized spacial score (nSPS) is 26.2. The summed E-state index contributed by atoms with van der Waals surface area (Å²) >= 11 is 0. The fourth-order valence-electron chi connectivity index (χ4n) is 1.82. The van der Waals surface area contributed by atoms with Crippen LogP contribution < -0.4 is 0 Å². The Labute approximate surface area is 85.2 Å². The first kappa shape index (κ1) is 12.3. The fraction of sp³-hybridized carbons (Fsp3) is 0.889. The van der Waals surface area contributed by atoms with Gasteiger partial charge < -0.3 is 9.84 Å². The van der Waals surface area contributed by atoms with Crippen LogP contribution in [0.15, 0.2) is 0 Å². The first-order chi connectivity index (χ1) is 6.83. The summed E-state index contributed by atoms with van der Waals surface area (Å²) in [6.07, 6.45) is -5.19. The number of carbonyl (C=O) groups is 1. The van der Waals surface area contributed by atoms with E-state index >= 15 is 0 Å². The molecule has 0 saturated carbocycles. The molecule has 6 heteroatoms. The number of hydrogen-bond donors (Lipinski definition) is 1. The number of hydrogen-bond acceptors (Lipinski definition) is 3. The predicted molar refractivity (Wildman–Crippen MR) is 45.0 cm³/mol. The molecule has 15 heavy (non-hydrogen) atoms. The molecule has 1 saturated heterocycles. The van der Waals surface area contributed by atoms with Gasteiger partial charge in [-0.25, -0.2) is 0 Å². The molecule has 0 aliphatic carbocycles. The highest BCUT2D eigenvalue weighted by molar-refractivity contribution is 5.75. The van der Waals surface area contributed by atoms with Crippen molar-refractivity contribution < 1.29 is 27.8 Å². The quantitative estimate of drug-likeness (QED) is 0.744. The van der Waals surface area contributed by atoms with Crippen molar-refractivity contribution in [3.63, 3.8) is 0 Å². The highest BCUT2D eigenvalue weighted by atomic mass is 19.4. The molecule has 88 valence electrons. The number of aliphatic hydroxyl groups is 1. The molecule has 1 aliphatic rings. The van der Waals surface area contributed by atoms with Crippen molar-refractivity contribution in [2.75, 3.05) is 6.61 Å². The minimum Gasteiger partial charge on any atom is -0.465 e. The zero-order chi connectivity index (χ0) is 11.7. The molecule has 1 N–H and O–H groups in total. The fourth-order valence-corrected chi connectivity index (χ4v) is 1.82. The van der Waals surface area contributed by atoms with Crippen LogP contribution in [0.2, 0.25) is 0 Å². The van der Waals surface area contributed by atoms with Crippen LogP contribution >= 0.6 is 0 Å². The van der Waals surface area contributed by atoms with Crippen LogP contribution in [0, 0.1) is 5.92 Å². The molecule has 0 spiro atoms. The number of esters is 1. The van der Waals surface area contributed by atoms with E-state index in [4.69, 9.17) is 0 Å². The van der Waals surface area contributed by atoms with Gasteiger partial charge in [-0.1, -0.05) is 13.3 Å². The zero-order valence-electron chi connectivity index (χ0n) is 8.30. The summed E-state index contributed by atoms with van der Waals surface area (Å²) in [5.41, 5.74) is -2.94. The van der Waals surface area contributed by atoms with Gasteiger partial charge in [0.15, 0.2) is 5.60 Å². The molecule has 1 fully saturated rings. The topological polar surface area (TPSA) is 46.5 Å². The first-order valence-corrected chi connectivity index (χ1v) is 4.78. The second-order valence-electron chi connectivity index (χ2n) is 3.68. The summed E-state index contributed by atoms with van der Waals surface area (Å²) in [5, 5.41) is 9.59. The molecular weight excluding hydrogens is 213 g/mol. The van der Waals surface area contributed by atoms with Crippen molar-refractivity contribution in [2.24, 2.45) is 5.92 Å². The van der Waals surface area contributed by atoms with Gasteiger partial charge in [0.05, 0.1) is 12.5 Å². The van der Waals surface area contributed by atoms with Crippen molar-refractivity contribution in [1.82, 2.24) is 0 Å². The number of halogens is 3. The van der Waals surface area contributed by atoms with Gasteiger partial charge in [0.25, 0.3) is 0 Å². The van der Waals surface area contributed by atoms with E-state index in [0.29, 0.717) is 0 Å². The molecule has 0 aromatic rings. The second kappa shape index (κ2) is 4.00. The molecule has 0 aromatic heterocycles. The Bertz CT molecular complexity index is 251. The Balaban J connectivity index is 2.95. The summed E-state index contributed by atoms with van der Waals surface area (Å²) < 4.78 is 42.4. The molecule has 0 amide bonds. The van der Waals surface area contributed by atoms with Crippen molar-refractivity contribution in [2.45, 2.75) is 38.0 Å². The first-order valence-electron chi connectivity index (χ1n) is 4.78. The highest BCUT2D eigenvalue weighted by Crippen LogP contribution is 2.43. The number of ether oxygens (including phenoxy) is 1. The lowest BCUT2D eigenvalue weighted by Crippen LogP contribution is -2.52. The number of carbonyl (C=O) groups excluding carboxylic acids is 1. The van der Waals surface area contributed by atoms with E-state index in [9.17, 15) is 23.1 Å². The Morgan fingerprint density at radius 3 is 2.47 bits per heavy atom. The number of rotatable bonds is 3. The Morgan fingerprint density at radius 1 is 1.53 bits per heavy atom. The van der Waals surface area contributed by atoms with E-state index in [1.807, 2.05) is 0 Å². The summed E-state index contributed by atoms with van der Waals surface area (Å²) in [7, 11) is 0. The van der Waals surface area contributed by atoms with Gasteiger partial charge in [0.1, 0.15) is 0 Å². The Kier molecular flexibility index (Phi) is 3.28. The minimum atomic E-state index is -4.79. The Morgan fingerprint density at radius 2 is 2.13 bits per heavy atom. The molecule has 3 nitrogen and oxygen atoms in total. The number of alkyl halides is 3. The monoisotopic (exact) mass is 226 g/mol. The van der Waals surface area contributed by atoms with Gasteiger partial charge in [0.2, 0.25) is 0 Å². The third-order valence-corrected chi connectivity index (χ3v) is 2.63. The lowest BCUT2D eigenvalue weighted by molar-refractivity contribution is -0.278. The van der Waals surface area contributed by atoms with Crippen molar-refractivity contribution >= 4 is 5.97 Å². The molecule has 2 atom stereocenters. The standard InChI is InChI=1S/C9H13F3O3/c1-2-4-8(14,9(10,11)12)6-3-5-15-7(6)13/h6,14H,2-5H2,1H3. The second-order valence-corrected chi connectivity index (χ2v) is 3.68. The van der Waals surface area contributed by atoms with Crippen molar-refractivity contribution in [3.05, 3.63) is 0 Å². The van der Waals surface area contributed by atoms with E-state index in [2.05, 4.69) is 4.74 Å². The van der Waals surface area contributed by atoms with Gasteiger partial charge >= 0.3 is 12.1 Å². The van der Waals surface area contributed by atoms with Gasteiger partial charge in [-0.15, -0.1) is 0 Å². The van der Waals surface area contributed by atoms with Crippen molar-refractivity contribution in [3.8, 4) is 0 Å². The van der Waals surface area contributed by atoms with Crippen LogP contribution in [0.1, 0.15) is 26.2 Å². The van der Waals surface area contributed by atoms with Gasteiger partial charge in [-0.05, 0) is 12.8 Å². The maximum atomic E-state index is 12.7. The SMILES string of the molecule is CCCC(O)(C1CCOC1=O)C(F)(F)F. The van der Waals surface area contributed by atoms with Gasteiger partial charge in [0, 0.05) is 0 Å². The van der Waals surface area contributed by atoms with Crippen LogP contribution in [-0.2, 0) is 9.53 Å². The van der Waals surface area contributed by atoms with Crippen molar-refractivity contribution in [1.29, 1.82) is 0 Å². The molecule has 0 bridgehead atoms. The lowest BCUT2D eigenvalue weighted by atomic mass is 9.82. The maximum Gasteiger partial charge on any atom is 0.418 e. The summed E-state index contributed by atoms with van der Waals surface area (Å²) in [6.45, 7) is 1.47. The summed E-state index contributed by atoms with van der Waals surface area (Å²) in [5.74, 6) is -2.43. The average Bonchev–Trinajstić information content (AvgIpc) is 2.50. The largest absolute Gasteiger partial charge is 0.465 e. The van der Waals surface area contributed by atoms with E-state index < -0.39 is 30.1 Å². The van der Waals surface area contributed by atoms with Gasteiger partial charge in [-0.3, -0.25) is 4.79 Å². The van der Waals surface area contributed by atoms with E-state index in [1.165, 1.54) is 6.92 Å². The molecular formula is C9H13F3O3. The van der Waals surface area contributed by atoms with Crippen LogP contribution in [0.25, 0.3) is 0 Å². The molecule has 1 aliphatic heterocycles. The van der Waals surface area contributed by atoms with Crippen LogP contribution in [0.4, 0.5) is 13.2 Å². The molecule has 0 aromatic carbocycles. The van der Waals surface area contributed by atoms with Crippen LogP contribution in [0.3, 0.4) is 0 Å². The number of cyclic esters (lactones) is 1. The Hall–Kier alpha value is -0.780.